The van der Waals surface area contributed by atoms with Crippen LogP contribution in [-0.2, 0) is 27.4 Å². The first kappa shape index (κ1) is 26.7. The Morgan fingerprint density at radius 1 is 1.11 bits per heavy atom. The number of halogens is 6. The molecular weight excluding hydrogens is 476 g/mol. The zero-order valence-electron chi connectivity index (χ0n) is 18.8. The lowest BCUT2D eigenvalue weighted by atomic mass is 9.81. The number of piperidine rings is 1. The predicted molar refractivity (Wildman–Crippen MR) is 117 cm³/mol. The largest absolute Gasteiger partial charge is 0.416 e. The Morgan fingerprint density at radius 2 is 1.71 bits per heavy atom. The monoisotopic (exact) mass is 501 g/mol. The lowest BCUT2D eigenvalue weighted by Crippen LogP contribution is -2.56. The highest BCUT2D eigenvalue weighted by Crippen LogP contribution is 2.39. The van der Waals surface area contributed by atoms with Crippen LogP contribution >= 0.6 is 0 Å². The minimum Gasteiger partial charge on any atom is -0.372 e. The minimum absolute atomic E-state index is 0.0336. The predicted octanol–water partition coefficient (Wildman–Crippen LogP) is 5.51. The molecule has 3 rings (SSSR count). The lowest BCUT2D eigenvalue weighted by Gasteiger charge is -2.43. The number of carbonyl (C=O) groups is 1. The number of hydrogen-bond donors (Lipinski definition) is 2. The smallest absolute Gasteiger partial charge is 0.372 e. The molecule has 1 aliphatic rings. The summed E-state index contributed by atoms with van der Waals surface area (Å²) in [6.45, 7) is 1.69. The molecule has 3 atom stereocenters. The van der Waals surface area contributed by atoms with Gasteiger partial charge < -0.3 is 15.0 Å². The van der Waals surface area contributed by atoms with E-state index in [1.807, 2.05) is 30.3 Å². The average molecular weight is 501 g/mol. The molecule has 0 saturated carbocycles. The van der Waals surface area contributed by atoms with Gasteiger partial charge in [-0.1, -0.05) is 30.3 Å². The molecule has 0 bridgehead atoms. The quantitative estimate of drug-likeness (QED) is 0.217. The third kappa shape index (κ3) is 6.21. The van der Waals surface area contributed by atoms with Gasteiger partial charge in [0.25, 0.3) is 0 Å². The van der Waals surface area contributed by atoms with Gasteiger partial charge in [-0.15, -0.1) is 0 Å². The molecule has 0 spiro atoms. The Kier molecular flexibility index (Phi) is 7.90. The number of alkyl halides is 6. The molecule has 2 N–H and O–H groups in total. The van der Waals surface area contributed by atoms with Crippen molar-refractivity contribution in [2.45, 2.75) is 49.8 Å². The molecular formula is C24H25F6N3O2. The third-order valence-electron chi connectivity index (χ3n) is 6.26. The zero-order valence-corrected chi connectivity index (χ0v) is 18.8. The molecule has 0 radical (unpaired) electrons. The average Bonchev–Trinajstić information content (AvgIpc) is 2.83. The van der Waals surface area contributed by atoms with Gasteiger partial charge in [0.05, 0.1) is 41.8 Å². The maximum absolute atomic E-state index is 13.3. The van der Waals surface area contributed by atoms with Crippen molar-refractivity contribution in [3.05, 3.63) is 70.8 Å². The highest BCUT2D eigenvalue weighted by molar-refractivity contribution is 5.70. The number of carbonyl (C=O) groups excluding carboxylic acids is 1. The molecule has 1 saturated heterocycles. The summed E-state index contributed by atoms with van der Waals surface area (Å²) in [6, 6.07) is 10.3. The molecule has 35 heavy (non-hydrogen) atoms. The van der Waals surface area contributed by atoms with E-state index >= 15 is 0 Å². The number of ether oxygens (including phenoxy) is 1. The van der Waals surface area contributed by atoms with Crippen molar-refractivity contribution in [2.75, 3.05) is 13.2 Å². The van der Waals surface area contributed by atoms with Crippen LogP contribution in [0.3, 0.4) is 0 Å². The molecule has 1 heterocycles. The van der Waals surface area contributed by atoms with E-state index < -0.39 is 35.1 Å². The second-order valence-electron chi connectivity index (χ2n) is 8.50. The van der Waals surface area contributed by atoms with E-state index in [1.54, 1.807) is 0 Å². The van der Waals surface area contributed by atoms with Crippen LogP contribution in [0.25, 0.3) is 0 Å². The van der Waals surface area contributed by atoms with E-state index in [1.165, 1.54) is 11.8 Å². The van der Waals surface area contributed by atoms with Crippen molar-refractivity contribution in [1.29, 1.82) is 5.41 Å². The van der Waals surface area contributed by atoms with E-state index in [0.29, 0.717) is 37.9 Å². The minimum atomic E-state index is -4.94. The molecule has 2 aromatic carbocycles. The molecule has 0 aromatic heterocycles. The summed E-state index contributed by atoms with van der Waals surface area (Å²) < 4.78 is 85.4. The number of nitrogens with one attached hydrogen (secondary N) is 2. The highest BCUT2D eigenvalue weighted by atomic mass is 19.4. The molecule has 0 aliphatic carbocycles. The van der Waals surface area contributed by atoms with Gasteiger partial charge in [0, 0.05) is 6.54 Å². The summed E-state index contributed by atoms with van der Waals surface area (Å²) in [6.07, 6.45) is -8.50. The second-order valence-corrected chi connectivity index (χ2v) is 8.50. The van der Waals surface area contributed by atoms with E-state index in [-0.39, 0.29) is 24.3 Å². The first-order valence-electron chi connectivity index (χ1n) is 10.8. The number of nitrogens with zero attached hydrogens (tertiary/aromatic N) is 1. The van der Waals surface area contributed by atoms with Crippen molar-refractivity contribution in [3.8, 4) is 0 Å². The van der Waals surface area contributed by atoms with E-state index in [4.69, 9.17) is 10.1 Å². The van der Waals surface area contributed by atoms with Crippen LogP contribution in [-0.4, -0.2) is 36.8 Å². The number of rotatable bonds is 8. The standard InChI is InChI=1S/C24H25F6N3O2/c1-16(17-9-19(23(25,26)27)11-20(10-17)24(28,29)30)35-13-22(18-5-3-2-4-6-18)8-7-21(12-32-22)33(14-31)15-34/h2-6,9-11,14-16,21,31-32H,7-8,12-13H2,1H3/t16-,21+,22-/m1/s1. The van der Waals surface area contributed by atoms with Crippen LogP contribution in [0.2, 0.25) is 0 Å². The summed E-state index contributed by atoms with van der Waals surface area (Å²) in [5.41, 5.74) is -2.97. The van der Waals surface area contributed by atoms with Crippen LogP contribution in [0.15, 0.2) is 48.5 Å². The molecule has 1 fully saturated rings. The fraction of sp³-hybridized carbons (Fsp3) is 0.417. The van der Waals surface area contributed by atoms with Gasteiger partial charge in [0.1, 0.15) is 0 Å². The lowest BCUT2D eigenvalue weighted by molar-refractivity contribution is -0.143. The Labute approximate surface area is 198 Å². The molecule has 1 amide bonds. The number of hydrogen-bond acceptors (Lipinski definition) is 4. The van der Waals surface area contributed by atoms with Crippen molar-refractivity contribution >= 4 is 12.7 Å². The summed E-state index contributed by atoms with van der Waals surface area (Å²) in [7, 11) is 0. The second kappa shape index (κ2) is 10.4. The number of benzene rings is 2. The van der Waals surface area contributed by atoms with Gasteiger partial charge >= 0.3 is 12.4 Å². The SMILES string of the molecule is C[C@@H](OC[C@@]1(c2ccccc2)CC[C@H](N(C=N)C=O)CN1)c1cc(C(F)(F)F)cc(C(F)(F)F)c1. The normalized spacial score (nSPS) is 21.9. The number of amides is 1. The van der Waals surface area contributed by atoms with Crippen LogP contribution < -0.4 is 5.32 Å². The fourth-order valence-corrected chi connectivity index (χ4v) is 4.18. The Hall–Kier alpha value is -2.92. The van der Waals surface area contributed by atoms with Crippen molar-refractivity contribution in [3.63, 3.8) is 0 Å². The van der Waals surface area contributed by atoms with Crippen LogP contribution in [0.5, 0.6) is 0 Å². The fourth-order valence-electron chi connectivity index (χ4n) is 4.18. The Morgan fingerprint density at radius 3 is 2.17 bits per heavy atom. The highest BCUT2D eigenvalue weighted by Gasteiger charge is 2.40. The summed E-state index contributed by atoms with van der Waals surface area (Å²) in [5.74, 6) is 0. The summed E-state index contributed by atoms with van der Waals surface area (Å²) in [5, 5.41) is 10.7. The van der Waals surface area contributed by atoms with Gasteiger partial charge in [-0.2, -0.15) is 26.3 Å². The van der Waals surface area contributed by atoms with Gasteiger partial charge in [-0.25, -0.2) is 0 Å². The van der Waals surface area contributed by atoms with Crippen LogP contribution in [0.4, 0.5) is 26.3 Å². The van der Waals surface area contributed by atoms with Gasteiger partial charge in [0.2, 0.25) is 6.41 Å². The molecule has 1 aliphatic heterocycles. The van der Waals surface area contributed by atoms with Crippen molar-refractivity contribution in [2.24, 2.45) is 0 Å². The molecule has 11 heteroatoms. The zero-order chi connectivity index (χ0) is 25.9. The molecule has 5 nitrogen and oxygen atoms in total. The van der Waals surface area contributed by atoms with E-state index in [0.717, 1.165) is 11.9 Å². The third-order valence-corrected chi connectivity index (χ3v) is 6.26. The Bertz CT molecular complexity index is 978. The first-order chi connectivity index (χ1) is 16.4. The van der Waals surface area contributed by atoms with Crippen LogP contribution in [0, 0.1) is 5.41 Å². The van der Waals surface area contributed by atoms with Gasteiger partial charge in [0.15, 0.2) is 0 Å². The van der Waals surface area contributed by atoms with Gasteiger partial charge in [-0.3, -0.25) is 10.2 Å². The van der Waals surface area contributed by atoms with E-state index in [9.17, 15) is 31.1 Å². The maximum atomic E-state index is 13.3. The first-order valence-corrected chi connectivity index (χ1v) is 10.8. The van der Waals surface area contributed by atoms with E-state index in [2.05, 4.69) is 5.32 Å². The molecule has 190 valence electrons. The maximum Gasteiger partial charge on any atom is 0.416 e. The topological polar surface area (TPSA) is 65.4 Å². The van der Waals surface area contributed by atoms with Crippen molar-refractivity contribution in [1.82, 2.24) is 10.2 Å². The summed E-state index contributed by atoms with van der Waals surface area (Å²) >= 11 is 0. The summed E-state index contributed by atoms with van der Waals surface area (Å²) in [4.78, 5) is 12.4. The van der Waals surface area contributed by atoms with Crippen LogP contribution in [0.1, 0.15) is 48.1 Å². The molecule has 2 aromatic rings. The molecule has 0 unspecified atom stereocenters. The van der Waals surface area contributed by atoms with Crippen molar-refractivity contribution < 1.29 is 35.9 Å². The Balaban J connectivity index is 1.86. The van der Waals surface area contributed by atoms with Gasteiger partial charge in [-0.05, 0) is 49.1 Å².